The molecule has 0 N–H and O–H groups in total. The zero-order valence-corrected chi connectivity index (χ0v) is 14.5. The summed E-state index contributed by atoms with van der Waals surface area (Å²) in [7, 11) is -3.31. The molecule has 1 aromatic rings. The molecule has 0 unspecified atom stereocenters. The Balaban J connectivity index is 1.37. The summed E-state index contributed by atoms with van der Waals surface area (Å²) in [6, 6.07) is 8.86. The van der Waals surface area contributed by atoms with Gasteiger partial charge in [-0.2, -0.15) is 4.31 Å². The van der Waals surface area contributed by atoms with Gasteiger partial charge >= 0.3 is 0 Å². The Morgan fingerprint density at radius 1 is 1.04 bits per heavy atom. The third-order valence-electron chi connectivity index (χ3n) is 5.89. The molecule has 0 atom stereocenters. The fourth-order valence-corrected chi connectivity index (χ4v) is 6.26. The van der Waals surface area contributed by atoms with Crippen molar-refractivity contribution < 1.29 is 8.42 Å². The average Bonchev–Trinajstić information content (AvgIpc) is 3.18. The molecule has 1 saturated carbocycles. The zero-order chi connectivity index (χ0) is 15.9. The largest absolute Gasteiger partial charge is 0.302 e. The maximum atomic E-state index is 12.7. The monoisotopic (exact) mass is 334 g/mol. The minimum atomic E-state index is -3.31. The molecule has 3 fully saturated rings. The Kier molecular flexibility index (Phi) is 3.98. The van der Waals surface area contributed by atoms with Gasteiger partial charge in [0.05, 0.1) is 4.90 Å². The highest BCUT2D eigenvalue weighted by molar-refractivity contribution is 7.89. The van der Waals surface area contributed by atoms with Crippen LogP contribution in [0.3, 0.4) is 0 Å². The van der Waals surface area contributed by atoms with E-state index in [1.165, 1.54) is 32.2 Å². The molecule has 5 heteroatoms. The van der Waals surface area contributed by atoms with Crippen molar-refractivity contribution in [3.63, 3.8) is 0 Å². The number of benzene rings is 1. The Morgan fingerprint density at radius 3 is 2.43 bits per heavy atom. The summed E-state index contributed by atoms with van der Waals surface area (Å²) in [6.07, 6.45) is 6.58. The molecule has 2 heterocycles. The van der Waals surface area contributed by atoms with E-state index in [1.54, 1.807) is 28.6 Å². The van der Waals surface area contributed by atoms with Gasteiger partial charge in [-0.3, -0.25) is 0 Å². The first-order valence-corrected chi connectivity index (χ1v) is 10.3. The Labute approximate surface area is 139 Å². The van der Waals surface area contributed by atoms with Crippen molar-refractivity contribution in [3.8, 4) is 0 Å². The topological polar surface area (TPSA) is 40.6 Å². The fourth-order valence-electron chi connectivity index (χ4n) is 4.69. The Morgan fingerprint density at radius 2 is 1.74 bits per heavy atom. The Hall–Kier alpha value is -0.910. The summed E-state index contributed by atoms with van der Waals surface area (Å²) in [5, 5.41) is 0. The van der Waals surface area contributed by atoms with E-state index in [0.29, 0.717) is 18.0 Å². The lowest BCUT2D eigenvalue weighted by atomic mass is 9.78. The smallest absolute Gasteiger partial charge is 0.243 e. The van der Waals surface area contributed by atoms with Crippen LogP contribution in [0.15, 0.2) is 35.2 Å². The molecule has 4 rings (SSSR count). The number of sulfonamides is 1. The van der Waals surface area contributed by atoms with Gasteiger partial charge in [-0.1, -0.05) is 31.0 Å². The van der Waals surface area contributed by atoms with Crippen molar-refractivity contribution in [3.05, 3.63) is 30.3 Å². The highest BCUT2D eigenvalue weighted by Crippen LogP contribution is 2.42. The molecule has 0 radical (unpaired) electrons. The molecular weight excluding hydrogens is 308 g/mol. The summed E-state index contributed by atoms with van der Waals surface area (Å²) >= 11 is 0. The number of nitrogens with zero attached hydrogens (tertiary/aromatic N) is 2. The van der Waals surface area contributed by atoms with Crippen molar-refractivity contribution in [2.45, 2.75) is 37.0 Å². The Bertz CT molecular complexity index is 647. The molecule has 2 saturated heterocycles. The second-order valence-electron chi connectivity index (χ2n) is 7.72. The minimum absolute atomic E-state index is 0.223. The molecule has 0 amide bonds. The van der Waals surface area contributed by atoms with E-state index in [-0.39, 0.29) is 5.41 Å². The fraction of sp³-hybridized carbons (Fsp3) is 0.667. The third kappa shape index (κ3) is 2.94. The van der Waals surface area contributed by atoms with Gasteiger partial charge in [0, 0.05) is 38.1 Å². The first-order valence-electron chi connectivity index (χ1n) is 8.85. The van der Waals surface area contributed by atoms with Crippen LogP contribution in [0.25, 0.3) is 0 Å². The minimum Gasteiger partial charge on any atom is -0.302 e. The molecule has 0 aromatic heterocycles. The predicted octanol–water partition coefficient (Wildman–Crippen LogP) is 2.57. The first-order chi connectivity index (χ1) is 11.1. The number of likely N-dealkylation sites (tertiary alicyclic amines) is 1. The summed E-state index contributed by atoms with van der Waals surface area (Å²) in [5.41, 5.74) is 0.223. The van der Waals surface area contributed by atoms with E-state index in [0.717, 1.165) is 25.4 Å². The lowest BCUT2D eigenvalue weighted by Gasteiger charge is -2.49. The van der Waals surface area contributed by atoms with E-state index in [1.807, 2.05) is 6.07 Å². The van der Waals surface area contributed by atoms with Crippen LogP contribution in [0.1, 0.15) is 32.1 Å². The normalized spacial score (nSPS) is 25.9. The zero-order valence-electron chi connectivity index (χ0n) is 13.7. The van der Waals surface area contributed by atoms with Crippen molar-refractivity contribution in [1.82, 2.24) is 9.21 Å². The lowest BCUT2D eigenvalue weighted by Crippen LogP contribution is -2.58. The molecular formula is C18H26N2O2S. The van der Waals surface area contributed by atoms with Gasteiger partial charge in [-0.15, -0.1) is 0 Å². The molecule has 23 heavy (non-hydrogen) atoms. The van der Waals surface area contributed by atoms with Gasteiger partial charge in [0.25, 0.3) is 0 Å². The van der Waals surface area contributed by atoms with Crippen molar-refractivity contribution in [2.75, 3.05) is 32.7 Å². The van der Waals surface area contributed by atoms with E-state index in [9.17, 15) is 8.42 Å². The van der Waals surface area contributed by atoms with Crippen LogP contribution in [0.2, 0.25) is 0 Å². The summed E-state index contributed by atoms with van der Waals surface area (Å²) in [6.45, 7) is 4.78. The highest BCUT2D eigenvalue weighted by atomic mass is 32.2. The van der Waals surface area contributed by atoms with E-state index in [2.05, 4.69) is 4.90 Å². The van der Waals surface area contributed by atoms with E-state index in [4.69, 9.17) is 0 Å². The van der Waals surface area contributed by atoms with E-state index < -0.39 is 10.0 Å². The SMILES string of the molecule is O=S(=O)(c1ccccc1)N1CCC2(CN(CC3CCCC3)C2)C1. The summed E-state index contributed by atoms with van der Waals surface area (Å²) in [4.78, 5) is 2.98. The quantitative estimate of drug-likeness (QED) is 0.850. The van der Waals surface area contributed by atoms with Gasteiger partial charge in [0.15, 0.2) is 0 Å². The molecule has 4 nitrogen and oxygen atoms in total. The van der Waals surface area contributed by atoms with Gasteiger partial charge < -0.3 is 4.90 Å². The van der Waals surface area contributed by atoms with Gasteiger partial charge in [-0.25, -0.2) is 8.42 Å². The second kappa shape index (κ2) is 5.87. The first kappa shape index (κ1) is 15.6. The van der Waals surface area contributed by atoms with Gasteiger partial charge in [-0.05, 0) is 37.3 Å². The van der Waals surface area contributed by atoms with Crippen molar-refractivity contribution >= 4 is 10.0 Å². The van der Waals surface area contributed by atoms with Crippen LogP contribution in [-0.2, 0) is 10.0 Å². The maximum Gasteiger partial charge on any atom is 0.243 e. The average molecular weight is 334 g/mol. The number of hydrogen-bond acceptors (Lipinski definition) is 3. The summed E-state index contributed by atoms with van der Waals surface area (Å²) in [5.74, 6) is 0.887. The van der Waals surface area contributed by atoms with Crippen LogP contribution >= 0.6 is 0 Å². The van der Waals surface area contributed by atoms with Crippen LogP contribution in [0.5, 0.6) is 0 Å². The van der Waals surface area contributed by atoms with Crippen LogP contribution in [-0.4, -0.2) is 50.3 Å². The molecule has 126 valence electrons. The van der Waals surface area contributed by atoms with Crippen molar-refractivity contribution in [2.24, 2.45) is 11.3 Å². The van der Waals surface area contributed by atoms with Crippen LogP contribution in [0.4, 0.5) is 0 Å². The van der Waals surface area contributed by atoms with Crippen LogP contribution < -0.4 is 0 Å². The predicted molar refractivity (Wildman–Crippen MR) is 90.6 cm³/mol. The molecule has 2 aliphatic heterocycles. The van der Waals surface area contributed by atoms with E-state index >= 15 is 0 Å². The lowest BCUT2D eigenvalue weighted by molar-refractivity contribution is 0.00223. The molecule has 3 aliphatic rings. The van der Waals surface area contributed by atoms with Crippen molar-refractivity contribution in [1.29, 1.82) is 0 Å². The standard InChI is InChI=1S/C18H26N2O2S/c21-23(22,17-8-2-1-3-9-17)20-11-10-18(15-20)13-19(14-18)12-16-6-4-5-7-16/h1-3,8-9,16H,4-7,10-15H2. The maximum absolute atomic E-state index is 12.7. The van der Waals surface area contributed by atoms with Gasteiger partial charge in [0.1, 0.15) is 0 Å². The molecule has 1 aromatic carbocycles. The highest BCUT2D eigenvalue weighted by Gasteiger charge is 2.50. The number of hydrogen-bond donors (Lipinski definition) is 0. The molecule has 1 aliphatic carbocycles. The number of rotatable bonds is 4. The summed E-state index contributed by atoms with van der Waals surface area (Å²) < 4.78 is 27.2. The van der Waals surface area contributed by atoms with Crippen LogP contribution in [0, 0.1) is 11.3 Å². The third-order valence-corrected chi connectivity index (χ3v) is 7.75. The molecule has 1 spiro atoms. The molecule has 0 bridgehead atoms. The van der Waals surface area contributed by atoms with Gasteiger partial charge in [0.2, 0.25) is 10.0 Å². The second-order valence-corrected chi connectivity index (χ2v) is 9.66.